The second kappa shape index (κ2) is 5.67. The Morgan fingerprint density at radius 1 is 1.29 bits per heavy atom. The van der Waals surface area contributed by atoms with Gasteiger partial charge in [0.2, 0.25) is 0 Å². The number of ether oxygens (including phenoxy) is 1. The van der Waals surface area contributed by atoms with Gasteiger partial charge in [-0.25, -0.2) is 0 Å². The molecule has 0 spiro atoms. The Hall–Kier alpha value is -0.830. The van der Waals surface area contributed by atoms with Crippen molar-refractivity contribution < 1.29 is 9.53 Å². The highest BCUT2D eigenvalue weighted by Gasteiger charge is 2.20. The topological polar surface area (TPSA) is 26.3 Å². The monoisotopic (exact) mass is 296 g/mol. The minimum atomic E-state index is 0.324. The van der Waals surface area contributed by atoms with Crippen molar-refractivity contribution in [3.63, 3.8) is 0 Å². The maximum absolute atomic E-state index is 10.6. The van der Waals surface area contributed by atoms with Gasteiger partial charge in [0, 0.05) is 5.56 Å². The number of hydrogen-bond acceptors (Lipinski definition) is 2. The van der Waals surface area contributed by atoms with Gasteiger partial charge in [-0.15, -0.1) is 0 Å². The molecule has 0 atom stereocenters. The maximum Gasteiger partial charge on any atom is 0.150 e. The summed E-state index contributed by atoms with van der Waals surface area (Å²) in [5.74, 6) is 1.67. The molecule has 0 heterocycles. The fourth-order valence-electron chi connectivity index (χ4n) is 2.21. The molecule has 0 aromatic heterocycles. The van der Waals surface area contributed by atoms with Gasteiger partial charge in [-0.2, -0.15) is 0 Å². The predicted octanol–water partition coefficient (Wildman–Crippen LogP) is 4.22. The lowest BCUT2D eigenvalue weighted by atomic mass is 9.89. The van der Waals surface area contributed by atoms with Crippen molar-refractivity contribution in [1.82, 2.24) is 0 Å². The summed E-state index contributed by atoms with van der Waals surface area (Å²) in [6, 6.07) is 5.46. The highest BCUT2D eigenvalue weighted by molar-refractivity contribution is 9.10. The predicted molar refractivity (Wildman–Crippen MR) is 71.6 cm³/mol. The molecule has 1 aromatic rings. The van der Waals surface area contributed by atoms with Crippen LogP contribution in [-0.4, -0.2) is 12.4 Å². The zero-order valence-electron chi connectivity index (χ0n) is 9.99. The van der Waals surface area contributed by atoms with E-state index in [1.165, 1.54) is 12.8 Å². The second-order valence-corrected chi connectivity index (χ2v) is 5.66. The molecule has 1 aliphatic rings. The third-order valence-electron chi connectivity index (χ3n) is 3.35. The Kier molecular flexibility index (Phi) is 4.21. The first-order valence-corrected chi connectivity index (χ1v) is 6.89. The van der Waals surface area contributed by atoms with E-state index in [1.54, 1.807) is 12.1 Å². The van der Waals surface area contributed by atoms with Crippen molar-refractivity contribution in [3.05, 3.63) is 28.2 Å². The molecular weight excluding hydrogens is 280 g/mol. The highest BCUT2D eigenvalue weighted by Crippen LogP contribution is 2.31. The third-order valence-corrected chi connectivity index (χ3v) is 3.97. The van der Waals surface area contributed by atoms with Crippen LogP contribution in [0.5, 0.6) is 5.75 Å². The largest absolute Gasteiger partial charge is 0.489 e. The summed E-state index contributed by atoms with van der Waals surface area (Å²) in [5.41, 5.74) is 0.668. The quantitative estimate of drug-likeness (QED) is 0.781. The van der Waals surface area contributed by atoms with Gasteiger partial charge in [-0.3, -0.25) is 4.79 Å². The van der Waals surface area contributed by atoms with Gasteiger partial charge in [0.15, 0.2) is 0 Å². The van der Waals surface area contributed by atoms with Crippen LogP contribution >= 0.6 is 15.9 Å². The molecule has 17 heavy (non-hydrogen) atoms. The van der Waals surface area contributed by atoms with E-state index >= 15 is 0 Å². The molecule has 0 amide bonds. The summed E-state index contributed by atoms with van der Waals surface area (Å²) in [6.07, 6.45) is 5.91. The number of aldehydes is 1. The van der Waals surface area contributed by atoms with Gasteiger partial charge in [0.25, 0.3) is 0 Å². The summed E-state index contributed by atoms with van der Waals surface area (Å²) in [4.78, 5) is 10.6. The van der Waals surface area contributed by atoms with Crippen molar-refractivity contribution in [1.29, 1.82) is 0 Å². The molecule has 3 heteroatoms. The summed E-state index contributed by atoms with van der Waals surface area (Å²) in [6.45, 7) is 2.30. The van der Waals surface area contributed by atoms with E-state index in [4.69, 9.17) is 4.74 Å². The van der Waals surface area contributed by atoms with Crippen LogP contribution in [0.3, 0.4) is 0 Å². The summed E-state index contributed by atoms with van der Waals surface area (Å²) >= 11 is 3.44. The first-order valence-electron chi connectivity index (χ1n) is 6.10. The van der Waals surface area contributed by atoms with E-state index in [2.05, 4.69) is 22.9 Å². The molecule has 1 aliphatic carbocycles. The SMILES string of the molecule is CC1CCC(Oc2ccc(C=O)cc2Br)CC1. The molecular formula is C14H17BrO2. The van der Waals surface area contributed by atoms with Crippen LogP contribution in [0.25, 0.3) is 0 Å². The molecule has 1 fully saturated rings. The van der Waals surface area contributed by atoms with E-state index in [0.29, 0.717) is 11.7 Å². The Bertz CT molecular complexity index is 395. The Morgan fingerprint density at radius 3 is 2.59 bits per heavy atom. The van der Waals surface area contributed by atoms with Gasteiger partial charge < -0.3 is 4.74 Å². The Balaban J connectivity index is 2.01. The van der Waals surface area contributed by atoms with Crippen molar-refractivity contribution in [2.75, 3.05) is 0 Å². The molecule has 0 aliphatic heterocycles. The van der Waals surface area contributed by atoms with Gasteiger partial charge in [-0.1, -0.05) is 6.92 Å². The molecule has 0 saturated heterocycles. The molecule has 1 aromatic carbocycles. The fourth-order valence-corrected chi connectivity index (χ4v) is 2.70. The zero-order chi connectivity index (χ0) is 12.3. The summed E-state index contributed by atoms with van der Waals surface area (Å²) in [7, 11) is 0. The zero-order valence-corrected chi connectivity index (χ0v) is 11.6. The number of hydrogen-bond donors (Lipinski definition) is 0. The molecule has 0 unspecified atom stereocenters. The van der Waals surface area contributed by atoms with Crippen LogP contribution in [0.4, 0.5) is 0 Å². The van der Waals surface area contributed by atoms with Crippen LogP contribution in [0, 0.1) is 5.92 Å². The molecule has 2 rings (SSSR count). The average Bonchev–Trinajstić information content (AvgIpc) is 2.34. The smallest absolute Gasteiger partial charge is 0.150 e. The van der Waals surface area contributed by atoms with Crippen LogP contribution in [-0.2, 0) is 0 Å². The number of carbonyl (C=O) groups is 1. The first-order chi connectivity index (χ1) is 8.19. The van der Waals surface area contributed by atoms with Gasteiger partial charge in [0.05, 0.1) is 10.6 Å². The first kappa shape index (κ1) is 12.6. The molecule has 0 N–H and O–H groups in total. The van der Waals surface area contributed by atoms with Crippen LogP contribution in [0.15, 0.2) is 22.7 Å². The normalized spacial score (nSPS) is 24.4. The van der Waals surface area contributed by atoms with Crippen molar-refractivity contribution in [2.24, 2.45) is 5.92 Å². The van der Waals surface area contributed by atoms with Crippen LogP contribution < -0.4 is 4.74 Å². The summed E-state index contributed by atoms with van der Waals surface area (Å²) in [5, 5.41) is 0. The van der Waals surface area contributed by atoms with Gasteiger partial charge in [0.1, 0.15) is 12.0 Å². The third kappa shape index (κ3) is 3.32. The standard InChI is InChI=1S/C14H17BrO2/c1-10-2-5-12(6-3-10)17-14-7-4-11(9-16)8-13(14)15/h4,7-10,12H,2-3,5-6H2,1H3. The van der Waals surface area contributed by atoms with E-state index in [1.807, 2.05) is 6.07 Å². The van der Waals surface area contributed by atoms with Crippen molar-refractivity contribution in [2.45, 2.75) is 38.7 Å². The van der Waals surface area contributed by atoms with Crippen molar-refractivity contribution >= 4 is 22.2 Å². The van der Waals surface area contributed by atoms with Crippen LogP contribution in [0.2, 0.25) is 0 Å². The molecule has 0 radical (unpaired) electrons. The average molecular weight is 297 g/mol. The Morgan fingerprint density at radius 2 is 2.00 bits per heavy atom. The number of rotatable bonds is 3. The lowest BCUT2D eigenvalue weighted by Gasteiger charge is -2.27. The second-order valence-electron chi connectivity index (χ2n) is 4.81. The van der Waals surface area contributed by atoms with E-state index in [0.717, 1.165) is 35.3 Å². The lowest BCUT2D eigenvalue weighted by molar-refractivity contribution is 0.112. The van der Waals surface area contributed by atoms with Gasteiger partial charge in [-0.05, 0) is 65.7 Å². The number of halogens is 1. The maximum atomic E-state index is 10.6. The number of benzene rings is 1. The lowest BCUT2D eigenvalue weighted by Crippen LogP contribution is -2.23. The minimum absolute atomic E-state index is 0.324. The number of carbonyl (C=O) groups excluding carboxylic acids is 1. The van der Waals surface area contributed by atoms with E-state index in [9.17, 15) is 4.79 Å². The molecule has 0 bridgehead atoms. The molecule has 1 saturated carbocycles. The van der Waals surface area contributed by atoms with Gasteiger partial charge >= 0.3 is 0 Å². The fraction of sp³-hybridized carbons (Fsp3) is 0.500. The summed E-state index contributed by atoms with van der Waals surface area (Å²) < 4.78 is 6.83. The molecule has 92 valence electrons. The molecule has 2 nitrogen and oxygen atoms in total. The van der Waals surface area contributed by atoms with Crippen LogP contribution in [0.1, 0.15) is 43.0 Å². The van der Waals surface area contributed by atoms with E-state index in [-0.39, 0.29) is 0 Å². The minimum Gasteiger partial charge on any atom is -0.489 e. The highest BCUT2D eigenvalue weighted by atomic mass is 79.9. The van der Waals surface area contributed by atoms with E-state index < -0.39 is 0 Å². The Labute approximate surface area is 110 Å². The van der Waals surface area contributed by atoms with Crippen molar-refractivity contribution in [3.8, 4) is 5.75 Å².